The molecular weight excluding hydrogens is 412 g/mol. The molecular formula is C23H28N4O5. The number of urea groups is 1. The molecule has 1 heterocycles. The zero-order valence-corrected chi connectivity index (χ0v) is 18.3. The van der Waals surface area contributed by atoms with Crippen molar-refractivity contribution < 1.29 is 23.9 Å². The summed E-state index contributed by atoms with van der Waals surface area (Å²) in [6.07, 6.45) is 0.112. The molecule has 0 aromatic heterocycles. The minimum atomic E-state index is -0.382. The number of hydrogen-bond donors (Lipinski definition) is 2. The molecule has 0 aliphatic carbocycles. The highest BCUT2D eigenvalue weighted by molar-refractivity contribution is 5.95. The van der Waals surface area contributed by atoms with E-state index >= 15 is 0 Å². The molecule has 2 aromatic rings. The quantitative estimate of drug-likeness (QED) is 0.641. The fourth-order valence-corrected chi connectivity index (χ4v) is 3.43. The number of hydrogen-bond acceptors (Lipinski definition) is 6. The van der Waals surface area contributed by atoms with Crippen LogP contribution in [0.25, 0.3) is 0 Å². The molecule has 9 heteroatoms. The number of anilines is 2. The van der Waals surface area contributed by atoms with Gasteiger partial charge in [-0.15, -0.1) is 0 Å². The van der Waals surface area contributed by atoms with E-state index in [1.165, 1.54) is 7.11 Å². The number of methoxy groups -OCH3 is 2. The number of ether oxygens (including phenoxy) is 2. The lowest BCUT2D eigenvalue weighted by atomic mass is 10.2. The summed E-state index contributed by atoms with van der Waals surface area (Å²) in [6, 6.07) is 14.3. The Morgan fingerprint density at radius 1 is 0.938 bits per heavy atom. The Morgan fingerprint density at radius 2 is 1.62 bits per heavy atom. The van der Waals surface area contributed by atoms with E-state index in [4.69, 9.17) is 4.74 Å². The van der Waals surface area contributed by atoms with Crippen molar-refractivity contribution in [1.82, 2.24) is 10.2 Å². The second kappa shape index (κ2) is 11.0. The third-order valence-electron chi connectivity index (χ3n) is 5.23. The van der Waals surface area contributed by atoms with Gasteiger partial charge in [0.1, 0.15) is 5.75 Å². The summed E-state index contributed by atoms with van der Waals surface area (Å²) in [5, 5.41) is 5.52. The number of nitrogens with zero attached hydrogens (tertiary/aromatic N) is 2. The van der Waals surface area contributed by atoms with Gasteiger partial charge in [0.05, 0.1) is 26.3 Å². The molecule has 1 aliphatic rings. The van der Waals surface area contributed by atoms with E-state index in [2.05, 4.69) is 20.3 Å². The van der Waals surface area contributed by atoms with Crippen LogP contribution < -0.4 is 20.3 Å². The standard InChI is InChI=1S/C23H28N4O5/c1-31-20-6-4-3-5-19(20)26-13-15-27(16-14-26)23(30)25-18-9-7-17(8-10-18)22(29)24-12-11-21(28)32-2/h3-10H,11-16H2,1-2H3,(H,24,29)(H,25,30). The average molecular weight is 441 g/mol. The maximum Gasteiger partial charge on any atom is 0.321 e. The van der Waals surface area contributed by atoms with E-state index in [0.717, 1.165) is 11.4 Å². The van der Waals surface area contributed by atoms with Gasteiger partial charge in [-0.05, 0) is 36.4 Å². The third-order valence-corrected chi connectivity index (χ3v) is 5.23. The first kappa shape index (κ1) is 22.9. The van der Waals surface area contributed by atoms with Crippen LogP contribution in [0.4, 0.5) is 16.2 Å². The molecule has 0 bridgehead atoms. The van der Waals surface area contributed by atoms with Crippen LogP contribution in [0, 0.1) is 0 Å². The van der Waals surface area contributed by atoms with Crippen molar-refractivity contribution in [3.63, 3.8) is 0 Å². The Hall–Kier alpha value is -3.75. The first-order valence-electron chi connectivity index (χ1n) is 10.4. The fraction of sp³-hybridized carbons (Fsp3) is 0.348. The Kier molecular flexibility index (Phi) is 7.91. The molecule has 0 saturated carbocycles. The number of para-hydroxylation sites is 2. The highest BCUT2D eigenvalue weighted by Crippen LogP contribution is 2.28. The van der Waals surface area contributed by atoms with Gasteiger partial charge in [0.25, 0.3) is 5.91 Å². The molecule has 2 aromatic carbocycles. The van der Waals surface area contributed by atoms with Gasteiger partial charge in [0.15, 0.2) is 0 Å². The number of carbonyl (C=O) groups is 3. The normalized spacial score (nSPS) is 13.3. The van der Waals surface area contributed by atoms with E-state index in [0.29, 0.717) is 37.4 Å². The van der Waals surface area contributed by atoms with Gasteiger partial charge in [-0.3, -0.25) is 9.59 Å². The second-order valence-electron chi connectivity index (χ2n) is 7.24. The molecule has 9 nitrogen and oxygen atoms in total. The Labute approximate surface area is 187 Å². The lowest BCUT2D eigenvalue weighted by Crippen LogP contribution is -2.50. The number of nitrogens with one attached hydrogen (secondary N) is 2. The van der Waals surface area contributed by atoms with E-state index in [-0.39, 0.29) is 30.9 Å². The molecule has 170 valence electrons. The molecule has 3 rings (SSSR count). The van der Waals surface area contributed by atoms with Gasteiger partial charge in [-0.2, -0.15) is 0 Å². The molecule has 2 N–H and O–H groups in total. The lowest BCUT2D eigenvalue weighted by Gasteiger charge is -2.36. The molecule has 0 spiro atoms. The van der Waals surface area contributed by atoms with Crippen molar-refractivity contribution in [3.05, 3.63) is 54.1 Å². The van der Waals surface area contributed by atoms with Crippen LogP contribution in [0.2, 0.25) is 0 Å². The predicted octanol–water partition coefficient (Wildman–Crippen LogP) is 2.34. The molecule has 1 saturated heterocycles. The first-order valence-corrected chi connectivity index (χ1v) is 10.4. The van der Waals surface area contributed by atoms with Crippen molar-refractivity contribution >= 4 is 29.3 Å². The van der Waals surface area contributed by atoms with E-state index in [9.17, 15) is 14.4 Å². The molecule has 1 aliphatic heterocycles. The van der Waals surface area contributed by atoms with Gasteiger partial charge in [-0.25, -0.2) is 4.79 Å². The zero-order valence-electron chi connectivity index (χ0n) is 18.3. The smallest absolute Gasteiger partial charge is 0.321 e. The first-order chi connectivity index (χ1) is 15.5. The number of esters is 1. The van der Waals surface area contributed by atoms with Crippen molar-refractivity contribution in [2.75, 3.05) is 57.2 Å². The van der Waals surface area contributed by atoms with Crippen LogP contribution in [-0.2, 0) is 9.53 Å². The van der Waals surface area contributed by atoms with Crippen LogP contribution in [0.5, 0.6) is 5.75 Å². The van der Waals surface area contributed by atoms with Crippen LogP contribution in [0.3, 0.4) is 0 Å². The van der Waals surface area contributed by atoms with Crippen LogP contribution in [-0.4, -0.2) is 69.8 Å². The number of piperazine rings is 1. The predicted molar refractivity (Wildman–Crippen MR) is 121 cm³/mol. The van der Waals surface area contributed by atoms with E-state index < -0.39 is 0 Å². The molecule has 0 radical (unpaired) electrons. The zero-order chi connectivity index (χ0) is 22.9. The minimum Gasteiger partial charge on any atom is -0.495 e. The van der Waals surface area contributed by atoms with Crippen molar-refractivity contribution in [2.45, 2.75) is 6.42 Å². The summed E-state index contributed by atoms with van der Waals surface area (Å²) in [5.41, 5.74) is 2.07. The van der Waals surface area contributed by atoms with E-state index in [1.54, 1.807) is 36.3 Å². The highest BCUT2D eigenvalue weighted by atomic mass is 16.5. The lowest BCUT2D eigenvalue weighted by molar-refractivity contribution is -0.140. The monoisotopic (exact) mass is 440 g/mol. The highest BCUT2D eigenvalue weighted by Gasteiger charge is 2.23. The maximum absolute atomic E-state index is 12.6. The average Bonchev–Trinajstić information content (AvgIpc) is 2.84. The molecule has 3 amide bonds. The molecule has 32 heavy (non-hydrogen) atoms. The SMILES string of the molecule is COC(=O)CCNC(=O)c1ccc(NC(=O)N2CCN(c3ccccc3OC)CC2)cc1. The fourth-order valence-electron chi connectivity index (χ4n) is 3.43. The maximum atomic E-state index is 12.6. The summed E-state index contributed by atoms with van der Waals surface area (Å²) < 4.78 is 9.97. The Balaban J connectivity index is 1.48. The summed E-state index contributed by atoms with van der Waals surface area (Å²) in [6.45, 7) is 2.79. The Morgan fingerprint density at radius 3 is 2.28 bits per heavy atom. The van der Waals surface area contributed by atoms with Gasteiger partial charge in [-0.1, -0.05) is 12.1 Å². The van der Waals surface area contributed by atoms with Crippen molar-refractivity contribution in [1.29, 1.82) is 0 Å². The van der Waals surface area contributed by atoms with E-state index in [1.807, 2.05) is 24.3 Å². The molecule has 0 atom stereocenters. The summed E-state index contributed by atoms with van der Waals surface area (Å²) in [7, 11) is 2.96. The van der Waals surface area contributed by atoms with Gasteiger partial charge < -0.3 is 29.9 Å². The molecule has 0 unspecified atom stereocenters. The minimum absolute atomic E-state index is 0.112. The summed E-state index contributed by atoms with van der Waals surface area (Å²) in [5.74, 6) is 0.145. The number of benzene rings is 2. The number of carbonyl (C=O) groups excluding carboxylic acids is 3. The summed E-state index contributed by atoms with van der Waals surface area (Å²) in [4.78, 5) is 39.8. The number of amides is 3. The molecule has 1 fully saturated rings. The second-order valence-corrected chi connectivity index (χ2v) is 7.24. The largest absolute Gasteiger partial charge is 0.495 e. The van der Waals surface area contributed by atoms with Crippen LogP contribution in [0.15, 0.2) is 48.5 Å². The number of rotatable bonds is 7. The topological polar surface area (TPSA) is 100 Å². The van der Waals surface area contributed by atoms with Crippen molar-refractivity contribution in [2.24, 2.45) is 0 Å². The van der Waals surface area contributed by atoms with Gasteiger partial charge in [0.2, 0.25) is 0 Å². The summed E-state index contributed by atoms with van der Waals surface area (Å²) >= 11 is 0. The van der Waals surface area contributed by atoms with Gasteiger partial charge >= 0.3 is 12.0 Å². The van der Waals surface area contributed by atoms with Gasteiger partial charge in [0, 0.05) is 44.0 Å². The van der Waals surface area contributed by atoms with Crippen LogP contribution in [0.1, 0.15) is 16.8 Å². The third kappa shape index (κ3) is 5.90. The van der Waals surface area contributed by atoms with Crippen molar-refractivity contribution in [3.8, 4) is 5.75 Å². The van der Waals surface area contributed by atoms with Crippen LogP contribution >= 0.6 is 0 Å². The Bertz CT molecular complexity index is 940.